The molecule has 1 aliphatic rings. The Morgan fingerprint density at radius 2 is 1.93 bits per heavy atom. The number of nitrogens with one attached hydrogen (secondary N) is 1. The number of aromatic nitrogens is 1. The van der Waals surface area contributed by atoms with Crippen LogP contribution < -0.4 is 5.32 Å². The number of benzene rings is 2. The van der Waals surface area contributed by atoms with Crippen molar-refractivity contribution < 1.29 is 14.3 Å². The van der Waals surface area contributed by atoms with Crippen LogP contribution in [0.1, 0.15) is 23.2 Å². The SMILES string of the molecule is O=C1CC[C@@H](COC(=O)c2cc(-c3ccc(Cl)c(Cl)c3Cl)nc3ccccc23)N1. The van der Waals surface area contributed by atoms with Gasteiger partial charge in [0.1, 0.15) is 6.61 Å². The minimum atomic E-state index is -0.498. The molecule has 1 N–H and O–H groups in total. The molecule has 0 bridgehead atoms. The van der Waals surface area contributed by atoms with Crippen molar-refractivity contribution in [3.8, 4) is 11.3 Å². The van der Waals surface area contributed by atoms with E-state index in [1.165, 1.54) is 0 Å². The number of carbonyl (C=O) groups is 2. The number of fused-ring (bicyclic) bond motifs is 1. The lowest BCUT2D eigenvalue weighted by molar-refractivity contribution is -0.119. The maximum absolute atomic E-state index is 12.8. The Morgan fingerprint density at radius 1 is 1.14 bits per heavy atom. The number of halogens is 3. The Kier molecular flexibility index (Phi) is 5.63. The Bertz CT molecular complexity index is 1130. The Balaban J connectivity index is 1.72. The van der Waals surface area contributed by atoms with Crippen molar-refractivity contribution in [2.24, 2.45) is 0 Å². The van der Waals surface area contributed by atoms with Gasteiger partial charge in [0.05, 0.1) is 37.9 Å². The predicted octanol–water partition coefficient (Wildman–Crippen LogP) is 5.30. The first-order valence-electron chi connectivity index (χ1n) is 8.94. The molecule has 0 spiro atoms. The average molecular weight is 450 g/mol. The summed E-state index contributed by atoms with van der Waals surface area (Å²) in [7, 11) is 0. The van der Waals surface area contributed by atoms with Crippen molar-refractivity contribution in [2.75, 3.05) is 6.61 Å². The maximum atomic E-state index is 12.8. The second kappa shape index (κ2) is 8.19. The van der Waals surface area contributed by atoms with Gasteiger partial charge in [-0.2, -0.15) is 0 Å². The molecule has 0 aliphatic carbocycles. The van der Waals surface area contributed by atoms with E-state index in [9.17, 15) is 9.59 Å². The molecule has 148 valence electrons. The fourth-order valence-electron chi connectivity index (χ4n) is 3.26. The zero-order valence-corrected chi connectivity index (χ0v) is 17.3. The van der Waals surface area contributed by atoms with Gasteiger partial charge in [0, 0.05) is 17.4 Å². The van der Waals surface area contributed by atoms with Crippen LogP contribution in [0.4, 0.5) is 0 Å². The van der Waals surface area contributed by atoms with Crippen molar-refractivity contribution in [1.29, 1.82) is 0 Å². The first-order chi connectivity index (χ1) is 13.9. The molecule has 0 unspecified atom stereocenters. The summed E-state index contributed by atoms with van der Waals surface area (Å²) >= 11 is 18.6. The molecule has 29 heavy (non-hydrogen) atoms. The van der Waals surface area contributed by atoms with Crippen LogP contribution >= 0.6 is 34.8 Å². The summed E-state index contributed by atoms with van der Waals surface area (Å²) in [6.45, 7) is 0.115. The zero-order chi connectivity index (χ0) is 20.5. The summed E-state index contributed by atoms with van der Waals surface area (Å²) in [5.74, 6) is -0.529. The van der Waals surface area contributed by atoms with E-state index in [-0.39, 0.29) is 28.6 Å². The van der Waals surface area contributed by atoms with Crippen LogP contribution in [-0.2, 0) is 9.53 Å². The Morgan fingerprint density at radius 3 is 2.69 bits per heavy atom. The summed E-state index contributed by atoms with van der Waals surface area (Å²) < 4.78 is 5.47. The van der Waals surface area contributed by atoms with Crippen molar-refractivity contribution in [3.63, 3.8) is 0 Å². The van der Waals surface area contributed by atoms with Crippen molar-refractivity contribution in [3.05, 3.63) is 63.1 Å². The van der Waals surface area contributed by atoms with Crippen LogP contribution in [0.2, 0.25) is 15.1 Å². The number of pyridine rings is 1. The lowest BCUT2D eigenvalue weighted by atomic mass is 10.0. The first kappa shape index (κ1) is 20.0. The van der Waals surface area contributed by atoms with Gasteiger partial charge in [-0.3, -0.25) is 4.79 Å². The molecule has 2 heterocycles. The van der Waals surface area contributed by atoms with Crippen molar-refractivity contribution >= 4 is 57.6 Å². The number of hydrogen-bond acceptors (Lipinski definition) is 4. The van der Waals surface area contributed by atoms with Gasteiger partial charge < -0.3 is 10.1 Å². The molecular formula is C21H15Cl3N2O3. The van der Waals surface area contributed by atoms with E-state index in [1.807, 2.05) is 12.1 Å². The number of carbonyl (C=O) groups excluding carboxylic acids is 2. The smallest absolute Gasteiger partial charge is 0.338 e. The van der Waals surface area contributed by atoms with E-state index in [0.29, 0.717) is 45.6 Å². The summed E-state index contributed by atoms with van der Waals surface area (Å²) in [5, 5.41) is 4.26. The molecule has 1 aliphatic heterocycles. The summed E-state index contributed by atoms with van der Waals surface area (Å²) in [5.41, 5.74) is 2.02. The number of esters is 1. The standard InChI is InChI=1S/C21H15Cl3N2O3/c22-15-7-6-13(19(23)20(15)24)17-9-14(12-3-1-2-4-16(12)26-17)21(28)29-10-11-5-8-18(27)25-11/h1-4,6-7,9,11H,5,8,10H2,(H,25,27)/t11-/m0/s1. The van der Waals surface area contributed by atoms with E-state index >= 15 is 0 Å². The van der Waals surface area contributed by atoms with Gasteiger partial charge in [0.2, 0.25) is 5.91 Å². The van der Waals surface area contributed by atoms with Crippen LogP contribution in [0, 0.1) is 0 Å². The molecule has 3 aromatic rings. The fraction of sp³-hybridized carbons (Fsp3) is 0.190. The molecule has 1 saturated heterocycles. The third-order valence-corrected chi connectivity index (χ3v) is 6.04. The van der Waals surface area contributed by atoms with Crippen LogP contribution in [-0.4, -0.2) is 29.5 Å². The summed E-state index contributed by atoms with van der Waals surface area (Å²) in [6, 6.07) is 12.1. The van der Waals surface area contributed by atoms with Gasteiger partial charge >= 0.3 is 5.97 Å². The Labute approximate surface area is 181 Å². The normalized spacial score (nSPS) is 16.1. The fourth-order valence-corrected chi connectivity index (χ4v) is 3.89. The number of rotatable bonds is 4. The van der Waals surface area contributed by atoms with Gasteiger partial charge in [0.15, 0.2) is 0 Å². The highest BCUT2D eigenvalue weighted by molar-refractivity contribution is 6.49. The van der Waals surface area contributed by atoms with Gasteiger partial charge in [0.25, 0.3) is 0 Å². The molecule has 1 aromatic heterocycles. The summed E-state index contributed by atoms with van der Waals surface area (Å²) in [6.07, 6.45) is 1.09. The largest absolute Gasteiger partial charge is 0.460 e. The van der Waals surface area contributed by atoms with Crippen molar-refractivity contribution in [2.45, 2.75) is 18.9 Å². The predicted molar refractivity (Wildman–Crippen MR) is 114 cm³/mol. The summed E-state index contributed by atoms with van der Waals surface area (Å²) in [4.78, 5) is 28.8. The molecule has 1 amide bonds. The zero-order valence-electron chi connectivity index (χ0n) is 15.0. The number of hydrogen-bond donors (Lipinski definition) is 1. The molecule has 1 fully saturated rings. The quantitative estimate of drug-likeness (QED) is 0.434. The van der Waals surface area contributed by atoms with E-state index in [0.717, 1.165) is 0 Å². The lowest BCUT2D eigenvalue weighted by Gasteiger charge is -2.14. The van der Waals surface area contributed by atoms with Crippen LogP contribution in [0.5, 0.6) is 0 Å². The molecule has 5 nitrogen and oxygen atoms in total. The number of ether oxygens (including phenoxy) is 1. The number of amides is 1. The second-order valence-corrected chi connectivity index (χ2v) is 7.86. The topological polar surface area (TPSA) is 68.3 Å². The van der Waals surface area contributed by atoms with Gasteiger partial charge in [-0.1, -0.05) is 53.0 Å². The Hall–Kier alpha value is -2.34. The minimum Gasteiger partial charge on any atom is -0.460 e. The van der Waals surface area contributed by atoms with Gasteiger partial charge in [-0.25, -0.2) is 9.78 Å². The van der Waals surface area contributed by atoms with Gasteiger partial charge in [-0.15, -0.1) is 0 Å². The highest BCUT2D eigenvalue weighted by atomic mass is 35.5. The molecule has 8 heteroatoms. The number of para-hydroxylation sites is 1. The lowest BCUT2D eigenvalue weighted by Crippen LogP contribution is -2.30. The minimum absolute atomic E-state index is 0.0306. The molecule has 2 aromatic carbocycles. The monoisotopic (exact) mass is 448 g/mol. The van der Waals surface area contributed by atoms with Crippen LogP contribution in [0.3, 0.4) is 0 Å². The number of nitrogens with zero attached hydrogens (tertiary/aromatic N) is 1. The van der Waals surface area contributed by atoms with Crippen LogP contribution in [0.15, 0.2) is 42.5 Å². The average Bonchev–Trinajstić information content (AvgIpc) is 3.14. The maximum Gasteiger partial charge on any atom is 0.338 e. The molecule has 0 radical (unpaired) electrons. The van der Waals surface area contributed by atoms with E-state index in [4.69, 9.17) is 39.5 Å². The molecule has 0 saturated carbocycles. The molecule has 1 atom stereocenters. The van der Waals surface area contributed by atoms with E-state index in [2.05, 4.69) is 10.3 Å². The van der Waals surface area contributed by atoms with E-state index < -0.39 is 5.97 Å². The first-order valence-corrected chi connectivity index (χ1v) is 10.1. The third-order valence-electron chi connectivity index (χ3n) is 4.75. The highest BCUT2D eigenvalue weighted by Crippen LogP contribution is 2.38. The van der Waals surface area contributed by atoms with E-state index in [1.54, 1.807) is 30.3 Å². The second-order valence-electron chi connectivity index (χ2n) is 6.70. The third kappa shape index (κ3) is 4.04. The highest BCUT2D eigenvalue weighted by Gasteiger charge is 2.23. The van der Waals surface area contributed by atoms with Gasteiger partial charge in [-0.05, 0) is 30.7 Å². The molecule has 4 rings (SSSR count). The van der Waals surface area contributed by atoms with Crippen molar-refractivity contribution in [1.82, 2.24) is 10.3 Å². The van der Waals surface area contributed by atoms with Crippen LogP contribution in [0.25, 0.3) is 22.2 Å². The molecular weight excluding hydrogens is 435 g/mol.